The minimum Gasteiger partial charge on any atom is -0.389 e. The van der Waals surface area contributed by atoms with Crippen molar-refractivity contribution in [3.8, 4) is 0 Å². The lowest BCUT2D eigenvalue weighted by molar-refractivity contribution is -0.129. The molecule has 20 heavy (non-hydrogen) atoms. The number of aliphatic hydroxyl groups is 1. The zero-order chi connectivity index (χ0) is 13.9. The Morgan fingerprint density at radius 2 is 2.10 bits per heavy atom. The monoisotopic (exact) mass is 272 g/mol. The number of hydrogen-bond donors (Lipinski definition) is 1. The smallest absolute Gasteiger partial charge is 0.139 e. The van der Waals surface area contributed by atoms with E-state index in [1.54, 1.807) is 0 Å². The first-order chi connectivity index (χ1) is 9.59. The Morgan fingerprint density at radius 3 is 2.95 bits per heavy atom. The fourth-order valence-corrected chi connectivity index (χ4v) is 5.59. The SMILES string of the molecule is CC12CCC3C4=C(CCC3C1CCC2=O)CC(O)C=C4. The van der Waals surface area contributed by atoms with Crippen LogP contribution in [0.2, 0.25) is 0 Å². The molecule has 0 heterocycles. The summed E-state index contributed by atoms with van der Waals surface area (Å²) in [7, 11) is 0. The van der Waals surface area contributed by atoms with Crippen LogP contribution >= 0.6 is 0 Å². The van der Waals surface area contributed by atoms with E-state index >= 15 is 0 Å². The second kappa shape index (κ2) is 4.30. The summed E-state index contributed by atoms with van der Waals surface area (Å²) in [4.78, 5) is 12.3. The summed E-state index contributed by atoms with van der Waals surface area (Å²) >= 11 is 0. The average molecular weight is 272 g/mol. The Morgan fingerprint density at radius 1 is 1.25 bits per heavy atom. The second-order valence-electron chi connectivity index (χ2n) is 7.52. The first-order valence-corrected chi connectivity index (χ1v) is 8.21. The summed E-state index contributed by atoms with van der Waals surface area (Å²) in [5.74, 6) is 2.50. The van der Waals surface area contributed by atoms with E-state index < -0.39 is 0 Å². The van der Waals surface area contributed by atoms with Crippen molar-refractivity contribution in [3.63, 3.8) is 0 Å². The number of aliphatic hydroxyl groups excluding tert-OH is 1. The summed E-state index contributed by atoms with van der Waals surface area (Å²) in [5.41, 5.74) is 3.00. The van der Waals surface area contributed by atoms with Gasteiger partial charge in [-0.25, -0.2) is 0 Å². The van der Waals surface area contributed by atoms with Gasteiger partial charge in [0.05, 0.1) is 6.10 Å². The topological polar surface area (TPSA) is 37.3 Å². The highest BCUT2D eigenvalue weighted by molar-refractivity contribution is 5.87. The highest BCUT2D eigenvalue weighted by atomic mass is 16.3. The van der Waals surface area contributed by atoms with Gasteiger partial charge < -0.3 is 5.11 Å². The van der Waals surface area contributed by atoms with Gasteiger partial charge in [-0.05, 0) is 61.9 Å². The van der Waals surface area contributed by atoms with Gasteiger partial charge in [0.2, 0.25) is 0 Å². The van der Waals surface area contributed by atoms with Crippen LogP contribution in [0.1, 0.15) is 51.9 Å². The summed E-state index contributed by atoms with van der Waals surface area (Å²) in [6, 6.07) is 0. The van der Waals surface area contributed by atoms with Crippen molar-refractivity contribution in [2.75, 3.05) is 0 Å². The fraction of sp³-hybridized carbons (Fsp3) is 0.722. The lowest BCUT2D eigenvalue weighted by atomic mass is 9.55. The van der Waals surface area contributed by atoms with Gasteiger partial charge in [0.15, 0.2) is 0 Å². The third-order valence-corrected chi connectivity index (χ3v) is 6.69. The molecule has 108 valence electrons. The standard InChI is InChI=1S/C18H24O2/c1-18-9-8-14-13-5-3-12(19)10-11(13)2-4-15(14)16(18)6-7-17(18)20/h3,5,12,14-16,19H,2,4,6-10H2,1H3. The zero-order valence-corrected chi connectivity index (χ0v) is 12.3. The molecule has 0 aromatic heterocycles. The van der Waals surface area contributed by atoms with E-state index in [1.807, 2.05) is 6.08 Å². The molecule has 4 aliphatic rings. The predicted octanol–water partition coefficient (Wildman–Crippen LogP) is 3.41. The van der Waals surface area contributed by atoms with Gasteiger partial charge in [0, 0.05) is 11.8 Å². The third-order valence-electron chi connectivity index (χ3n) is 6.69. The molecule has 4 rings (SSSR count). The number of rotatable bonds is 0. The van der Waals surface area contributed by atoms with Crippen LogP contribution in [0.25, 0.3) is 0 Å². The summed E-state index contributed by atoms with van der Waals surface area (Å²) in [6.45, 7) is 2.23. The first-order valence-electron chi connectivity index (χ1n) is 8.21. The van der Waals surface area contributed by atoms with Crippen LogP contribution in [0.15, 0.2) is 23.3 Å². The summed E-state index contributed by atoms with van der Waals surface area (Å²) in [5, 5.41) is 9.80. The molecule has 4 aliphatic carbocycles. The van der Waals surface area contributed by atoms with Crippen LogP contribution in [-0.4, -0.2) is 17.0 Å². The lowest BCUT2D eigenvalue weighted by Crippen LogP contribution is -2.43. The zero-order valence-electron chi connectivity index (χ0n) is 12.3. The Labute approximate surface area is 120 Å². The van der Waals surface area contributed by atoms with Gasteiger partial charge in [-0.15, -0.1) is 0 Å². The maximum atomic E-state index is 12.3. The summed E-state index contributed by atoms with van der Waals surface area (Å²) in [6.07, 6.45) is 11.3. The largest absolute Gasteiger partial charge is 0.389 e. The number of fused-ring (bicyclic) bond motifs is 4. The molecule has 2 heteroatoms. The van der Waals surface area contributed by atoms with Crippen molar-refractivity contribution < 1.29 is 9.90 Å². The molecule has 0 spiro atoms. The van der Waals surface area contributed by atoms with E-state index in [9.17, 15) is 9.90 Å². The third kappa shape index (κ3) is 1.64. The number of hydrogen-bond acceptors (Lipinski definition) is 2. The average Bonchev–Trinajstić information content (AvgIpc) is 2.74. The first kappa shape index (κ1) is 12.8. The molecule has 0 radical (unpaired) electrons. The second-order valence-corrected chi connectivity index (χ2v) is 7.52. The van der Waals surface area contributed by atoms with Crippen molar-refractivity contribution in [2.45, 2.75) is 58.0 Å². The highest BCUT2D eigenvalue weighted by Crippen LogP contribution is 2.59. The van der Waals surface area contributed by atoms with Crippen LogP contribution < -0.4 is 0 Å². The molecule has 1 N–H and O–H groups in total. The van der Waals surface area contributed by atoms with E-state index in [0.717, 1.165) is 32.1 Å². The molecule has 0 aromatic carbocycles. The number of Topliss-reactive ketones (excluding diaryl/α,β-unsaturated/α-hetero) is 1. The maximum Gasteiger partial charge on any atom is 0.139 e. The number of ketones is 1. The van der Waals surface area contributed by atoms with Crippen LogP contribution in [0.5, 0.6) is 0 Å². The molecule has 0 bridgehead atoms. The van der Waals surface area contributed by atoms with Crippen molar-refractivity contribution in [1.29, 1.82) is 0 Å². The highest BCUT2D eigenvalue weighted by Gasteiger charge is 2.54. The van der Waals surface area contributed by atoms with Crippen LogP contribution in [0.3, 0.4) is 0 Å². The van der Waals surface area contributed by atoms with Gasteiger partial charge in [0.25, 0.3) is 0 Å². The van der Waals surface area contributed by atoms with Gasteiger partial charge in [-0.3, -0.25) is 4.79 Å². The maximum absolute atomic E-state index is 12.3. The molecule has 2 fully saturated rings. The normalized spacial score (nSPS) is 47.0. The van der Waals surface area contributed by atoms with Crippen molar-refractivity contribution >= 4 is 5.78 Å². The number of carbonyl (C=O) groups excluding carboxylic acids is 1. The fourth-order valence-electron chi connectivity index (χ4n) is 5.59. The Kier molecular flexibility index (Phi) is 2.76. The molecule has 2 saturated carbocycles. The minimum absolute atomic E-state index is 0.0167. The molecule has 0 aromatic rings. The Hall–Kier alpha value is -0.890. The molecule has 0 aliphatic heterocycles. The molecular formula is C18H24O2. The van der Waals surface area contributed by atoms with E-state index in [0.29, 0.717) is 23.5 Å². The van der Waals surface area contributed by atoms with E-state index in [2.05, 4.69) is 13.0 Å². The van der Waals surface area contributed by atoms with Crippen LogP contribution in [-0.2, 0) is 4.79 Å². The Balaban J connectivity index is 1.67. The lowest BCUT2D eigenvalue weighted by Gasteiger charge is -2.49. The van der Waals surface area contributed by atoms with E-state index in [-0.39, 0.29) is 11.5 Å². The van der Waals surface area contributed by atoms with Crippen molar-refractivity contribution in [2.24, 2.45) is 23.2 Å². The summed E-state index contributed by atoms with van der Waals surface area (Å²) < 4.78 is 0. The van der Waals surface area contributed by atoms with Crippen molar-refractivity contribution in [3.05, 3.63) is 23.3 Å². The Bertz CT molecular complexity index is 516. The molecule has 0 amide bonds. The molecule has 2 nitrogen and oxygen atoms in total. The van der Waals surface area contributed by atoms with Gasteiger partial charge in [-0.2, -0.15) is 0 Å². The van der Waals surface area contributed by atoms with Gasteiger partial charge >= 0.3 is 0 Å². The quantitative estimate of drug-likeness (QED) is 0.733. The molecule has 0 saturated heterocycles. The van der Waals surface area contributed by atoms with Crippen LogP contribution in [0, 0.1) is 23.2 Å². The van der Waals surface area contributed by atoms with Gasteiger partial charge in [-0.1, -0.05) is 24.6 Å². The van der Waals surface area contributed by atoms with E-state index in [1.165, 1.54) is 24.0 Å². The molecule has 5 atom stereocenters. The van der Waals surface area contributed by atoms with Crippen LogP contribution in [0.4, 0.5) is 0 Å². The minimum atomic E-state index is -0.271. The number of carbonyl (C=O) groups is 1. The number of allylic oxidation sites excluding steroid dienone is 2. The van der Waals surface area contributed by atoms with E-state index in [4.69, 9.17) is 0 Å². The molecular weight excluding hydrogens is 248 g/mol. The van der Waals surface area contributed by atoms with Gasteiger partial charge in [0.1, 0.15) is 5.78 Å². The van der Waals surface area contributed by atoms with Crippen molar-refractivity contribution in [1.82, 2.24) is 0 Å². The molecule has 5 unspecified atom stereocenters. The predicted molar refractivity (Wildman–Crippen MR) is 78.1 cm³/mol.